The summed E-state index contributed by atoms with van der Waals surface area (Å²) in [4.78, 5) is 12.4. The number of hydrogen-bond acceptors (Lipinski definition) is 3. The number of carbonyl (C=O) groups is 1. The molecule has 134 valence electrons. The van der Waals surface area contributed by atoms with E-state index in [-0.39, 0.29) is 18.1 Å². The van der Waals surface area contributed by atoms with Crippen LogP contribution in [0.1, 0.15) is 50.9 Å². The minimum atomic E-state index is -0.157. The Morgan fingerprint density at radius 2 is 1.52 bits per heavy atom. The lowest BCUT2D eigenvalue weighted by Gasteiger charge is -2.14. The Morgan fingerprint density at radius 3 is 2.12 bits per heavy atom. The first kappa shape index (κ1) is 18.8. The standard InChI is InChI=1S/C21H27NO3/c1-5-15(3)24-19-12-10-17(11-13-19)21(23)22-18-8-7-9-20(14-18)25-16(4)6-2/h7-16H,5-6H2,1-4H3,(H,22,23). The lowest BCUT2D eigenvalue weighted by Crippen LogP contribution is -2.13. The van der Waals surface area contributed by atoms with Crippen molar-refractivity contribution < 1.29 is 14.3 Å². The fourth-order valence-electron chi connectivity index (χ4n) is 2.17. The van der Waals surface area contributed by atoms with Crippen molar-refractivity contribution in [1.29, 1.82) is 0 Å². The van der Waals surface area contributed by atoms with Crippen LogP contribution in [0, 0.1) is 0 Å². The molecule has 1 amide bonds. The highest BCUT2D eigenvalue weighted by molar-refractivity contribution is 6.04. The van der Waals surface area contributed by atoms with Gasteiger partial charge in [-0.1, -0.05) is 19.9 Å². The predicted octanol–water partition coefficient (Wildman–Crippen LogP) is 5.29. The molecule has 2 unspecified atom stereocenters. The summed E-state index contributed by atoms with van der Waals surface area (Å²) in [5.41, 5.74) is 1.30. The van der Waals surface area contributed by atoms with Crippen LogP contribution in [-0.2, 0) is 0 Å². The topological polar surface area (TPSA) is 47.6 Å². The highest BCUT2D eigenvalue weighted by Crippen LogP contribution is 2.21. The van der Waals surface area contributed by atoms with E-state index in [9.17, 15) is 4.79 Å². The average Bonchev–Trinajstić information content (AvgIpc) is 2.62. The quantitative estimate of drug-likeness (QED) is 0.709. The zero-order valence-electron chi connectivity index (χ0n) is 15.4. The molecular weight excluding hydrogens is 314 g/mol. The molecule has 2 rings (SSSR count). The molecular formula is C21H27NO3. The number of nitrogens with one attached hydrogen (secondary N) is 1. The van der Waals surface area contributed by atoms with Crippen molar-refractivity contribution in [3.63, 3.8) is 0 Å². The monoisotopic (exact) mass is 341 g/mol. The van der Waals surface area contributed by atoms with E-state index in [0.717, 1.165) is 24.3 Å². The maximum absolute atomic E-state index is 12.4. The molecule has 2 aromatic rings. The number of anilines is 1. The van der Waals surface area contributed by atoms with Crippen LogP contribution in [0.15, 0.2) is 48.5 Å². The Kier molecular flexibility index (Phi) is 6.87. The molecule has 0 fully saturated rings. The summed E-state index contributed by atoms with van der Waals surface area (Å²) in [6, 6.07) is 14.6. The van der Waals surface area contributed by atoms with Crippen LogP contribution in [0.25, 0.3) is 0 Å². The lowest BCUT2D eigenvalue weighted by atomic mass is 10.2. The highest BCUT2D eigenvalue weighted by Gasteiger charge is 2.09. The molecule has 2 aromatic carbocycles. The number of rotatable bonds is 8. The van der Waals surface area contributed by atoms with Crippen molar-refractivity contribution in [2.24, 2.45) is 0 Å². The van der Waals surface area contributed by atoms with Crippen molar-refractivity contribution in [3.8, 4) is 11.5 Å². The van der Waals surface area contributed by atoms with E-state index in [1.54, 1.807) is 12.1 Å². The number of ether oxygens (including phenoxy) is 2. The van der Waals surface area contributed by atoms with E-state index >= 15 is 0 Å². The van der Waals surface area contributed by atoms with Gasteiger partial charge in [0.15, 0.2) is 0 Å². The molecule has 0 saturated heterocycles. The van der Waals surface area contributed by atoms with Gasteiger partial charge in [0.05, 0.1) is 12.2 Å². The largest absolute Gasteiger partial charge is 0.491 e. The molecule has 0 spiro atoms. The van der Waals surface area contributed by atoms with Gasteiger partial charge in [0.1, 0.15) is 11.5 Å². The minimum Gasteiger partial charge on any atom is -0.491 e. The number of amides is 1. The smallest absolute Gasteiger partial charge is 0.255 e. The van der Waals surface area contributed by atoms with E-state index in [0.29, 0.717) is 11.3 Å². The fourth-order valence-corrected chi connectivity index (χ4v) is 2.17. The SMILES string of the molecule is CCC(C)Oc1ccc(C(=O)Nc2cccc(OC(C)CC)c2)cc1. The Morgan fingerprint density at radius 1 is 0.920 bits per heavy atom. The van der Waals surface area contributed by atoms with Crippen LogP contribution >= 0.6 is 0 Å². The van der Waals surface area contributed by atoms with Gasteiger partial charge in [-0.25, -0.2) is 0 Å². The first-order chi connectivity index (χ1) is 12.0. The molecule has 0 aliphatic heterocycles. The van der Waals surface area contributed by atoms with Crippen molar-refractivity contribution in [2.75, 3.05) is 5.32 Å². The van der Waals surface area contributed by atoms with E-state index < -0.39 is 0 Å². The van der Waals surface area contributed by atoms with Gasteiger partial charge in [-0.15, -0.1) is 0 Å². The fraction of sp³-hybridized carbons (Fsp3) is 0.381. The molecule has 25 heavy (non-hydrogen) atoms. The summed E-state index contributed by atoms with van der Waals surface area (Å²) >= 11 is 0. The highest BCUT2D eigenvalue weighted by atomic mass is 16.5. The van der Waals surface area contributed by atoms with Gasteiger partial charge in [-0.2, -0.15) is 0 Å². The van der Waals surface area contributed by atoms with E-state index in [1.165, 1.54) is 0 Å². The molecule has 0 heterocycles. The van der Waals surface area contributed by atoms with E-state index in [2.05, 4.69) is 19.2 Å². The molecule has 0 aromatic heterocycles. The van der Waals surface area contributed by atoms with Gasteiger partial charge in [0.2, 0.25) is 0 Å². The minimum absolute atomic E-state index is 0.143. The van der Waals surface area contributed by atoms with Crippen LogP contribution in [-0.4, -0.2) is 18.1 Å². The molecule has 0 aliphatic rings. The zero-order valence-corrected chi connectivity index (χ0v) is 15.4. The summed E-state index contributed by atoms with van der Waals surface area (Å²) in [5, 5.41) is 2.90. The Balaban J connectivity index is 2.00. The van der Waals surface area contributed by atoms with Gasteiger partial charge >= 0.3 is 0 Å². The molecule has 2 atom stereocenters. The number of hydrogen-bond donors (Lipinski definition) is 1. The normalized spacial score (nSPS) is 13.0. The van der Waals surface area contributed by atoms with Crippen LogP contribution in [0.5, 0.6) is 11.5 Å². The molecule has 0 bridgehead atoms. The molecule has 0 saturated carbocycles. The molecule has 0 radical (unpaired) electrons. The first-order valence-electron chi connectivity index (χ1n) is 8.86. The van der Waals surface area contributed by atoms with Crippen LogP contribution < -0.4 is 14.8 Å². The van der Waals surface area contributed by atoms with E-state index in [1.807, 2.05) is 50.2 Å². The van der Waals surface area contributed by atoms with Crippen LogP contribution in [0.3, 0.4) is 0 Å². The van der Waals surface area contributed by atoms with Crippen LogP contribution in [0.2, 0.25) is 0 Å². The molecule has 4 nitrogen and oxygen atoms in total. The van der Waals surface area contributed by atoms with Crippen molar-refractivity contribution in [1.82, 2.24) is 0 Å². The Labute approximate surface area is 150 Å². The third-order valence-electron chi connectivity index (χ3n) is 4.03. The maximum atomic E-state index is 12.4. The summed E-state index contributed by atoms with van der Waals surface area (Å²) in [6.45, 7) is 8.19. The second-order valence-electron chi connectivity index (χ2n) is 6.18. The summed E-state index contributed by atoms with van der Waals surface area (Å²) in [5.74, 6) is 1.37. The molecule has 4 heteroatoms. The number of carbonyl (C=O) groups excluding carboxylic acids is 1. The predicted molar refractivity (Wildman–Crippen MR) is 102 cm³/mol. The lowest BCUT2D eigenvalue weighted by molar-refractivity contribution is 0.102. The average molecular weight is 341 g/mol. The van der Waals surface area contributed by atoms with Gasteiger partial charge in [0, 0.05) is 17.3 Å². The van der Waals surface area contributed by atoms with Gasteiger partial charge in [-0.3, -0.25) is 4.79 Å². The third kappa shape index (κ3) is 5.82. The first-order valence-corrected chi connectivity index (χ1v) is 8.86. The second-order valence-corrected chi connectivity index (χ2v) is 6.18. The van der Waals surface area contributed by atoms with Gasteiger partial charge < -0.3 is 14.8 Å². The maximum Gasteiger partial charge on any atom is 0.255 e. The van der Waals surface area contributed by atoms with Gasteiger partial charge in [-0.05, 0) is 63.1 Å². The molecule has 1 N–H and O–H groups in total. The number of benzene rings is 2. The Bertz CT molecular complexity index is 682. The van der Waals surface area contributed by atoms with Gasteiger partial charge in [0.25, 0.3) is 5.91 Å². The molecule has 0 aliphatic carbocycles. The zero-order chi connectivity index (χ0) is 18.2. The van der Waals surface area contributed by atoms with Crippen LogP contribution in [0.4, 0.5) is 5.69 Å². The van der Waals surface area contributed by atoms with Crippen molar-refractivity contribution in [2.45, 2.75) is 52.7 Å². The second kappa shape index (κ2) is 9.11. The Hall–Kier alpha value is -2.49. The third-order valence-corrected chi connectivity index (χ3v) is 4.03. The summed E-state index contributed by atoms with van der Waals surface area (Å²) in [7, 11) is 0. The summed E-state index contributed by atoms with van der Waals surface area (Å²) < 4.78 is 11.5. The van der Waals surface area contributed by atoms with Crippen molar-refractivity contribution >= 4 is 11.6 Å². The van der Waals surface area contributed by atoms with E-state index in [4.69, 9.17) is 9.47 Å². The van der Waals surface area contributed by atoms with Crippen molar-refractivity contribution in [3.05, 3.63) is 54.1 Å². The summed E-state index contributed by atoms with van der Waals surface area (Å²) in [6.07, 6.45) is 2.18.